The normalized spacial score (nSPS) is 17.6. The lowest BCUT2D eigenvalue weighted by molar-refractivity contribution is -0.132. The van der Waals surface area contributed by atoms with E-state index in [0.717, 1.165) is 0 Å². The first-order valence-electron chi connectivity index (χ1n) is 9.58. The number of carbonyl (C=O) groups is 2. The number of methoxy groups -OCH3 is 2. The average molecular weight is 455 g/mol. The van der Waals surface area contributed by atoms with Gasteiger partial charge in [-0.3, -0.25) is 14.5 Å². The second-order valence-electron chi connectivity index (χ2n) is 7.09. The molecule has 0 bridgehead atoms. The number of aryl methyl sites for hydroxylation is 1. The number of rotatable bonds is 5. The number of hydrogen-bond acceptors (Lipinski definition) is 7. The van der Waals surface area contributed by atoms with Crippen molar-refractivity contribution in [2.24, 2.45) is 0 Å². The van der Waals surface area contributed by atoms with Crippen molar-refractivity contribution >= 4 is 34.9 Å². The highest BCUT2D eigenvalue weighted by Gasteiger charge is 2.48. The summed E-state index contributed by atoms with van der Waals surface area (Å²) < 4.78 is 15.6. The number of ketones is 1. The molecule has 4 rings (SSSR count). The maximum atomic E-state index is 13.1. The standard InChI is InChI=1S/C23H19ClN2O6/c1-12-9-18(25-32-12)26-20(13-5-4-6-15(10-13)30-2)19(22(28)23(26)29)21(27)14-7-8-17(31-3)16(24)11-14/h4-11,20,27H,1-3H3/t20-/m1/s1. The molecule has 0 aliphatic carbocycles. The van der Waals surface area contributed by atoms with Crippen LogP contribution < -0.4 is 14.4 Å². The maximum Gasteiger partial charge on any atom is 0.301 e. The van der Waals surface area contributed by atoms with Crippen molar-refractivity contribution in [3.05, 3.63) is 76.0 Å². The van der Waals surface area contributed by atoms with Crippen LogP contribution in [0.1, 0.15) is 22.9 Å². The Morgan fingerprint density at radius 3 is 2.53 bits per heavy atom. The van der Waals surface area contributed by atoms with E-state index in [-0.39, 0.29) is 27.7 Å². The van der Waals surface area contributed by atoms with Gasteiger partial charge in [0, 0.05) is 11.6 Å². The quantitative estimate of drug-likeness (QED) is 0.348. The molecule has 1 aliphatic rings. The fraction of sp³-hybridized carbons (Fsp3) is 0.174. The third kappa shape index (κ3) is 3.58. The molecule has 164 valence electrons. The molecule has 1 aromatic heterocycles. The van der Waals surface area contributed by atoms with Gasteiger partial charge in [0.15, 0.2) is 5.82 Å². The van der Waals surface area contributed by atoms with Crippen LogP contribution in [0.5, 0.6) is 11.5 Å². The molecule has 0 saturated carbocycles. The summed E-state index contributed by atoms with van der Waals surface area (Å²) in [5.74, 6) is -0.515. The number of aliphatic hydroxyl groups excluding tert-OH is 1. The maximum absolute atomic E-state index is 13.1. The molecule has 1 amide bonds. The van der Waals surface area contributed by atoms with Gasteiger partial charge in [0.2, 0.25) is 0 Å². The van der Waals surface area contributed by atoms with Crippen molar-refractivity contribution in [3.8, 4) is 11.5 Å². The molecule has 1 atom stereocenters. The van der Waals surface area contributed by atoms with Crippen molar-refractivity contribution in [3.63, 3.8) is 0 Å². The number of ether oxygens (including phenoxy) is 2. The van der Waals surface area contributed by atoms with Crippen molar-refractivity contribution in [1.82, 2.24) is 5.16 Å². The fourth-order valence-corrected chi connectivity index (χ4v) is 3.89. The van der Waals surface area contributed by atoms with Crippen LogP contribution in [0.25, 0.3) is 5.76 Å². The van der Waals surface area contributed by atoms with Crippen LogP contribution in [0.15, 0.2) is 58.6 Å². The van der Waals surface area contributed by atoms with Gasteiger partial charge < -0.3 is 19.1 Å². The van der Waals surface area contributed by atoms with Gasteiger partial charge in [-0.25, -0.2) is 0 Å². The molecule has 8 nitrogen and oxygen atoms in total. The molecule has 2 aromatic carbocycles. The number of halogens is 1. The minimum atomic E-state index is -0.963. The van der Waals surface area contributed by atoms with Crippen molar-refractivity contribution in [2.75, 3.05) is 19.1 Å². The summed E-state index contributed by atoms with van der Waals surface area (Å²) in [5.41, 5.74) is 0.702. The Labute approximate surface area is 188 Å². The van der Waals surface area contributed by atoms with Gasteiger partial charge in [0.25, 0.3) is 5.78 Å². The summed E-state index contributed by atoms with van der Waals surface area (Å²) in [6.07, 6.45) is 0. The zero-order chi connectivity index (χ0) is 23.0. The number of nitrogens with zero attached hydrogens (tertiary/aromatic N) is 2. The predicted molar refractivity (Wildman–Crippen MR) is 117 cm³/mol. The Kier molecular flexibility index (Phi) is 5.63. The molecular weight excluding hydrogens is 436 g/mol. The van der Waals surface area contributed by atoms with E-state index in [0.29, 0.717) is 22.8 Å². The van der Waals surface area contributed by atoms with Gasteiger partial charge in [-0.15, -0.1) is 0 Å². The van der Waals surface area contributed by atoms with Gasteiger partial charge >= 0.3 is 5.91 Å². The summed E-state index contributed by atoms with van der Waals surface area (Å²) in [4.78, 5) is 27.3. The number of Topliss-reactive ketones (excluding diaryl/α,β-unsaturated/α-hetero) is 1. The molecule has 2 heterocycles. The highest BCUT2D eigenvalue weighted by Crippen LogP contribution is 2.43. The van der Waals surface area contributed by atoms with E-state index in [1.165, 1.54) is 25.2 Å². The SMILES string of the molecule is COc1cccc([C@@H]2C(=C(O)c3ccc(OC)c(Cl)c3)C(=O)C(=O)N2c2cc(C)on2)c1. The predicted octanol–water partition coefficient (Wildman–Crippen LogP) is 4.28. The van der Waals surface area contributed by atoms with Crippen LogP contribution in [0.3, 0.4) is 0 Å². The number of hydrogen-bond donors (Lipinski definition) is 1. The molecule has 9 heteroatoms. The number of amides is 1. The molecule has 1 N–H and O–H groups in total. The monoisotopic (exact) mass is 454 g/mol. The second-order valence-corrected chi connectivity index (χ2v) is 7.50. The fourth-order valence-electron chi connectivity index (χ4n) is 3.63. The topological polar surface area (TPSA) is 102 Å². The second kappa shape index (κ2) is 8.39. The Hall–Kier alpha value is -3.78. The van der Waals surface area contributed by atoms with Gasteiger partial charge in [-0.2, -0.15) is 0 Å². The number of benzene rings is 2. The molecule has 1 saturated heterocycles. The summed E-state index contributed by atoms with van der Waals surface area (Å²) in [6, 6.07) is 12.0. The zero-order valence-corrected chi connectivity index (χ0v) is 18.2. The molecule has 0 unspecified atom stereocenters. The molecular formula is C23H19ClN2O6. The third-order valence-corrected chi connectivity index (χ3v) is 5.44. The van der Waals surface area contributed by atoms with E-state index in [1.54, 1.807) is 49.4 Å². The summed E-state index contributed by atoms with van der Waals surface area (Å²) >= 11 is 6.21. The Balaban J connectivity index is 1.94. The van der Waals surface area contributed by atoms with Crippen LogP contribution in [0, 0.1) is 6.92 Å². The van der Waals surface area contributed by atoms with Crippen LogP contribution >= 0.6 is 11.6 Å². The molecule has 32 heavy (non-hydrogen) atoms. The smallest absolute Gasteiger partial charge is 0.301 e. The van der Waals surface area contributed by atoms with Gasteiger partial charge in [-0.1, -0.05) is 28.9 Å². The lowest BCUT2D eigenvalue weighted by Gasteiger charge is -2.23. The van der Waals surface area contributed by atoms with E-state index in [2.05, 4.69) is 5.16 Å². The van der Waals surface area contributed by atoms with Crippen molar-refractivity contribution in [2.45, 2.75) is 13.0 Å². The third-order valence-electron chi connectivity index (χ3n) is 5.14. The van der Waals surface area contributed by atoms with Crippen LogP contribution in [-0.2, 0) is 9.59 Å². The first-order valence-corrected chi connectivity index (χ1v) is 9.95. The number of aromatic nitrogens is 1. The molecule has 1 fully saturated rings. The highest BCUT2D eigenvalue weighted by atomic mass is 35.5. The molecule has 1 aliphatic heterocycles. The first kappa shape index (κ1) is 21.5. The van der Waals surface area contributed by atoms with Crippen molar-refractivity contribution < 1.29 is 28.7 Å². The molecule has 0 spiro atoms. The Morgan fingerprint density at radius 1 is 1.12 bits per heavy atom. The number of aliphatic hydroxyl groups is 1. The molecule has 3 aromatic rings. The number of anilines is 1. The van der Waals surface area contributed by atoms with Crippen LogP contribution in [0.2, 0.25) is 5.02 Å². The van der Waals surface area contributed by atoms with Crippen LogP contribution in [-0.4, -0.2) is 36.2 Å². The largest absolute Gasteiger partial charge is 0.507 e. The summed E-state index contributed by atoms with van der Waals surface area (Å²) in [7, 11) is 2.98. The van der Waals surface area contributed by atoms with Gasteiger partial charge in [0.1, 0.15) is 23.0 Å². The van der Waals surface area contributed by atoms with Gasteiger partial charge in [-0.05, 0) is 42.8 Å². The minimum absolute atomic E-state index is 0.106. The van der Waals surface area contributed by atoms with Gasteiger partial charge in [0.05, 0.1) is 30.9 Å². The van der Waals surface area contributed by atoms with Crippen LogP contribution in [0.4, 0.5) is 5.82 Å². The summed E-state index contributed by atoms with van der Waals surface area (Å²) in [6.45, 7) is 1.67. The molecule has 0 radical (unpaired) electrons. The highest BCUT2D eigenvalue weighted by molar-refractivity contribution is 6.51. The van der Waals surface area contributed by atoms with E-state index in [1.807, 2.05) is 0 Å². The Morgan fingerprint density at radius 2 is 1.91 bits per heavy atom. The van der Waals surface area contributed by atoms with E-state index in [9.17, 15) is 14.7 Å². The number of carbonyl (C=O) groups excluding carboxylic acids is 2. The lowest BCUT2D eigenvalue weighted by Crippen LogP contribution is -2.29. The lowest BCUT2D eigenvalue weighted by atomic mass is 9.95. The van der Waals surface area contributed by atoms with E-state index in [4.69, 9.17) is 25.6 Å². The van der Waals surface area contributed by atoms with Crippen molar-refractivity contribution in [1.29, 1.82) is 0 Å². The minimum Gasteiger partial charge on any atom is -0.507 e. The first-order chi connectivity index (χ1) is 15.3. The average Bonchev–Trinajstić information content (AvgIpc) is 3.33. The summed E-state index contributed by atoms with van der Waals surface area (Å²) in [5, 5.41) is 15.3. The Bertz CT molecular complexity index is 1250. The van der Waals surface area contributed by atoms with E-state index >= 15 is 0 Å². The van der Waals surface area contributed by atoms with E-state index < -0.39 is 17.7 Å². The zero-order valence-electron chi connectivity index (χ0n) is 17.5.